The second kappa shape index (κ2) is 5.26. The maximum atomic E-state index is 10.4. The molecule has 0 saturated heterocycles. The molecule has 0 spiro atoms. The summed E-state index contributed by atoms with van der Waals surface area (Å²) in [4.78, 5) is 10.4. The van der Waals surface area contributed by atoms with Crippen LogP contribution in [0.25, 0.3) is 0 Å². The molecule has 88 valence electrons. The van der Waals surface area contributed by atoms with Gasteiger partial charge < -0.3 is 9.90 Å². The van der Waals surface area contributed by atoms with Crippen molar-refractivity contribution in [2.45, 2.75) is 45.1 Å². The lowest BCUT2D eigenvalue weighted by molar-refractivity contribution is -0.111. The summed E-state index contributed by atoms with van der Waals surface area (Å²) >= 11 is 0. The van der Waals surface area contributed by atoms with Crippen LogP contribution in [0.5, 0.6) is 0 Å². The van der Waals surface area contributed by atoms with Gasteiger partial charge in [0.1, 0.15) is 6.29 Å². The summed E-state index contributed by atoms with van der Waals surface area (Å²) < 4.78 is 0. The molecular weight excluding hydrogens is 200 g/mol. The van der Waals surface area contributed by atoms with Crippen molar-refractivity contribution in [2.75, 3.05) is 0 Å². The topological polar surface area (TPSA) is 37.3 Å². The van der Waals surface area contributed by atoms with Gasteiger partial charge in [-0.25, -0.2) is 0 Å². The second-order valence-electron chi connectivity index (χ2n) is 4.94. The highest BCUT2D eigenvalue weighted by molar-refractivity contribution is 5.51. The maximum absolute atomic E-state index is 10.4. The smallest absolute Gasteiger partial charge is 0.122 e. The molecule has 0 fully saturated rings. The van der Waals surface area contributed by atoms with Crippen molar-refractivity contribution in [1.82, 2.24) is 0 Å². The molecule has 0 amide bonds. The molecule has 1 N–H and O–H groups in total. The molecule has 1 unspecified atom stereocenters. The Morgan fingerprint density at radius 2 is 1.88 bits per heavy atom. The van der Waals surface area contributed by atoms with E-state index >= 15 is 0 Å². The van der Waals surface area contributed by atoms with Gasteiger partial charge in [-0.15, -0.1) is 0 Å². The van der Waals surface area contributed by atoms with Gasteiger partial charge in [0.05, 0.1) is 5.60 Å². The van der Waals surface area contributed by atoms with E-state index in [0.717, 1.165) is 11.8 Å². The van der Waals surface area contributed by atoms with Gasteiger partial charge in [0, 0.05) is 12.8 Å². The van der Waals surface area contributed by atoms with Crippen LogP contribution in [0.3, 0.4) is 0 Å². The summed E-state index contributed by atoms with van der Waals surface area (Å²) in [7, 11) is 0. The van der Waals surface area contributed by atoms with E-state index in [1.165, 1.54) is 5.56 Å². The lowest BCUT2D eigenvalue weighted by Gasteiger charge is -2.20. The van der Waals surface area contributed by atoms with E-state index in [2.05, 4.69) is 26.0 Å². The minimum absolute atomic E-state index is 0.179. The van der Waals surface area contributed by atoms with Gasteiger partial charge in [-0.3, -0.25) is 0 Å². The third kappa shape index (κ3) is 3.78. The van der Waals surface area contributed by atoms with Crippen LogP contribution >= 0.6 is 0 Å². The van der Waals surface area contributed by atoms with Crippen LogP contribution in [0.15, 0.2) is 24.3 Å². The number of carbonyl (C=O) groups is 1. The first-order valence-electron chi connectivity index (χ1n) is 5.69. The van der Waals surface area contributed by atoms with Crippen LogP contribution in [-0.4, -0.2) is 17.0 Å². The quantitative estimate of drug-likeness (QED) is 0.775. The van der Waals surface area contributed by atoms with Gasteiger partial charge in [0.15, 0.2) is 0 Å². The normalized spacial score (nSPS) is 14.8. The van der Waals surface area contributed by atoms with Gasteiger partial charge in [-0.05, 0) is 24.0 Å². The summed E-state index contributed by atoms with van der Waals surface area (Å²) in [5.74, 6) is 0.518. The third-order valence-electron chi connectivity index (χ3n) is 2.75. The van der Waals surface area contributed by atoms with E-state index in [9.17, 15) is 9.90 Å². The maximum Gasteiger partial charge on any atom is 0.122 e. The Bertz CT molecular complexity index is 336. The molecule has 0 aliphatic rings. The molecule has 2 heteroatoms. The fourth-order valence-corrected chi connectivity index (χ4v) is 1.71. The highest BCUT2D eigenvalue weighted by Gasteiger charge is 2.20. The fraction of sp³-hybridized carbons (Fsp3) is 0.500. The molecule has 0 aliphatic heterocycles. The minimum atomic E-state index is -0.929. The lowest BCUT2D eigenvalue weighted by Crippen LogP contribution is -2.27. The Balaban J connectivity index is 2.72. The number of hydrogen-bond donors (Lipinski definition) is 1. The second-order valence-corrected chi connectivity index (χ2v) is 4.94. The van der Waals surface area contributed by atoms with Crippen LogP contribution in [-0.2, 0) is 11.2 Å². The number of hydrogen-bond acceptors (Lipinski definition) is 2. The molecule has 0 radical (unpaired) electrons. The standard InChI is InChI=1S/C14H20O2/c1-11(2)13-6-4-12(5-7-13)10-14(3,16)8-9-15/h4-7,9,11,16H,8,10H2,1-3H3. The van der Waals surface area contributed by atoms with Crippen LogP contribution in [0, 0.1) is 0 Å². The SMILES string of the molecule is CC(C)c1ccc(CC(C)(O)CC=O)cc1. The molecule has 1 atom stereocenters. The molecule has 0 aromatic heterocycles. The minimum Gasteiger partial charge on any atom is -0.389 e. The number of aldehydes is 1. The summed E-state index contributed by atoms with van der Waals surface area (Å²) in [6.07, 6.45) is 1.46. The number of benzene rings is 1. The molecule has 1 aromatic rings. The average Bonchev–Trinajstić information content (AvgIpc) is 2.17. The van der Waals surface area contributed by atoms with E-state index < -0.39 is 5.60 Å². The molecule has 0 saturated carbocycles. The molecule has 0 aliphatic carbocycles. The van der Waals surface area contributed by atoms with Gasteiger partial charge in [-0.1, -0.05) is 38.1 Å². The molecule has 0 bridgehead atoms. The van der Waals surface area contributed by atoms with Gasteiger partial charge in [0.2, 0.25) is 0 Å². The van der Waals surface area contributed by atoms with Crippen molar-refractivity contribution in [3.63, 3.8) is 0 Å². The highest BCUT2D eigenvalue weighted by Crippen LogP contribution is 2.19. The van der Waals surface area contributed by atoms with Crippen molar-refractivity contribution in [3.05, 3.63) is 35.4 Å². The largest absolute Gasteiger partial charge is 0.389 e. The van der Waals surface area contributed by atoms with Crippen LogP contribution < -0.4 is 0 Å². The van der Waals surface area contributed by atoms with Crippen molar-refractivity contribution in [2.24, 2.45) is 0 Å². The number of rotatable bonds is 5. The molecule has 1 aromatic carbocycles. The van der Waals surface area contributed by atoms with Gasteiger partial charge in [-0.2, -0.15) is 0 Å². The zero-order valence-electron chi connectivity index (χ0n) is 10.2. The van der Waals surface area contributed by atoms with E-state index in [1.807, 2.05) is 12.1 Å². The van der Waals surface area contributed by atoms with Gasteiger partial charge in [0.25, 0.3) is 0 Å². The first-order chi connectivity index (χ1) is 7.44. The van der Waals surface area contributed by atoms with Gasteiger partial charge >= 0.3 is 0 Å². The molecule has 16 heavy (non-hydrogen) atoms. The van der Waals surface area contributed by atoms with Crippen LogP contribution in [0.4, 0.5) is 0 Å². The first kappa shape index (κ1) is 12.9. The monoisotopic (exact) mass is 220 g/mol. The average molecular weight is 220 g/mol. The summed E-state index contributed by atoms with van der Waals surface area (Å²) in [5, 5.41) is 9.92. The third-order valence-corrected chi connectivity index (χ3v) is 2.75. The fourth-order valence-electron chi connectivity index (χ4n) is 1.71. The zero-order chi connectivity index (χ0) is 12.2. The predicted molar refractivity (Wildman–Crippen MR) is 65.5 cm³/mol. The Hall–Kier alpha value is -1.15. The number of aliphatic hydroxyl groups is 1. The van der Waals surface area contributed by atoms with E-state index in [4.69, 9.17) is 0 Å². The van der Waals surface area contributed by atoms with E-state index in [-0.39, 0.29) is 6.42 Å². The highest BCUT2D eigenvalue weighted by atomic mass is 16.3. The summed E-state index contributed by atoms with van der Waals surface area (Å²) in [5.41, 5.74) is 1.43. The predicted octanol–water partition coefficient (Wildman–Crippen LogP) is 2.69. The van der Waals surface area contributed by atoms with Crippen molar-refractivity contribution in [3.8, 4) is 0 Å². The molecule has 0 heterocycles. The lowest BCUT2D eigenvalue weighted by atomic mass is 9.92. The van der Waals surface area contributed by atoms with E-state index in [1.54, 1.807) is 6.92 Å². The Kier molecular flexibility index (Phi) is 4.25. The van der Waals surface area contributed by atoms with Crippen LogP contribution in [0.2, 0.25) is 0 Å². The van der Waals surface area contributed by atoms with Crippen molar-refractivity contribution < 1.29 is 9.90 Å². The summed E-state index contributed by atoms with van der Waals surface area (Å²) in [6.45, 7) is 5.99. The summed E-state index contributed by atoms with van der Waals surface area (Å²) in [6, 6.07) is 8.21. The number of carbonyl (C=O) groups excluding carboxylic acids is 1. The van der Waals surface area contributed by atoms with E-state index in [0.29, 0.717) is 12.3 Å². The molecular formula is C14H20O2. The Labute approximate surface area is 97.3 Å². The van der Waals surface area contributed by atoms with Crippen molar-refractivity contribution in [1.29, 1.82) is 0 Å². The van der Waals surface area contributed by atoms with Crippen molar-refractivity contribution >= 4 is 6.29 Å². The Morgan fingerprint density at radius 1 is 1.31 bits per heavy atom. The molecule has 1 rings (SSSR count). The first-order valence-corrected chi connectivity index (χ1v) is 5.69. The zero-order valence-corrected chi connectivity index (χ0v) is 10.2. The van der Waals surface area contributed by atoms with Crippen LogP contribution in [0.1, 0.15) is 44.2 Å². The molecule has 2 nitrogen and oxygen atoms in total. The Morgan fingerprint density at radius 3 is 2.31 bits per heavy atom.